The van der Waals surface area contributed by atoms with Crippen LogP contribution >= 0.6 is 11.6 Å². The molecule has 0 bridgehead atoms. The van der Waals surface area contributed by atoms with E-state index in [1.54, 1.807) is 6.07 Å². The van der Waals surface area contributed by atoms with E-state index >= 15 is 0 Å². The van der Waals surface area contributed by atoms with Crippen molar-refractivity contribution in [1.29, 1.82) is 0 Å². The molecule has 0 aliphatic rings. The molecule has 3 aromatic rings. The van der Waals surface area contributed by atoms with Gasteiger partial charge in [0, 0.05) is 16.8 Å². The summed E-state index contributed by atoms with van der Waals surface area (Å²) in [6.07, 6.45) is 0.660. The van der Waals surface area contributed by atoms with E-state index in [-0.39, 0.29) is 0 Å². The number of aromatic nitrogens is 2. The number of nitrogens with two attached hydrogens (primary N) is 1. The summed E-state index contributed by atoms with van der Waals surface area (Å²) in [6.45, 7) is 0. The molecule has 0 spiro atoms. The van der Waals surface area contributed by atoms with Crippen LogP contribution in [0.3, 0.4) is 0 Å². The van der Waals surface area contributed by atoms with Crippen molar-refractivity contribution in [2.75, 3.05) is 5.73 Å². The topological polar surface area (TPSA) is 51.8 Å². The molecule has 0 fully saturated rings. The number of fused-ring (bicyclic) bond motifs is 1. The maximum atomic E-state index is 5.98. The van der Waals surface area contributed by atoms with Crippen LogP contribution in [0.25, 0.3) is 10.9 Å². The molecule has 2 N–H and O–H groups in total. The Morgan fingerprint density at radius 3 is 2.58 bits per heavy atom. The van der Waals surface area contributed by atoms with Gasteiger partial charge in [-0.1, -0.05) is 41.9 Å². The lowest BCUT2D eigenvalue weighted by Crippen LogP contribution is -2.01. The van der Waals surface area contributed by atoms with Crippen LogP contribution < -0.4 is 5.73 Å². The van der Waals surface area contributed by atoms with Crippen LogP contribution in [0.5, 0.6) is 0 Å². The first-order chi connectivity index (χ1) is 9.22. The molecule has 19 heavy (non-hydrogen) atoms. The standard InChI is InChI=1S/C15H12ClN3/c16-11-6-7-12-13(9-11)18-14(19-15(12)17)8-10-4-2-1-3-5-10/h1-7,9H,8H2,(H2,17,18,19). The Kier molecular flexibility index (Phi) is 3.05. The second-order valence-corrected chi connectivity index (χ2v) is 4.79. The highest BCUT2D eigenvalue weighted by atomic mass is 35.5. The van der Waals surface area contributed by atoms with Gasteiger partial charge in [-0.05, 0) is 23.8 Å². The number of hydrogen-bond acceptors (Lipinski definition) is 3. The summed E-state index contributed by atoms with van der Waals surface area (Å²) in [7, 11) is 0. The second-order valence-electron chi connectivity index (χ2n) is 4.35. The third-order valence-electron chi connectivity index (χ3n) is 2.94. The molecule has 0 amide bonds. The van der Waals surface area contributed by atoms with Gasteiger partial charge in [-0.15, -0.1) is 0 Å². The first-order valence-corrected chi connectivity index (χ1v) is 6.36. The van der Waals surface area contributed by atoms with Crippen molar-refractivity contribution >= 4 is 28.3 Å². The number of nitrogen functional groups attached to an aromatic ring is 1. The van der Waals surface area contributed by atoms with Gasteiger partial charge in [0.15, 0.2) is 0 Å². The van der Waals surface area contributed by atoms with Gasteiger partial charge < -0.3 is 5.73 Å². The van der Waals surface area contributed by atoms with Crippen LogP contribution in [0.15, 0.2) is 48.5 Å². The zero-order valence-corrected chi connectivity index (χ0v) is 10.9. The summed E-state index contributed by atoms with van der Waals surface area (Å²) in [4.78, 5) is 8.87. The first-order valence-electron chi connectivity index (χ1n) is 5.98. The lowest BCUT2D eigenvalue weighted by atomic mass is 10.1. The predicted molar refractivity (Wildman–Crippen MR) is 78.2 cm³/mol. The van der Waals surface area contributed by atoms with Crippen LogP contribution in [-0.4, -0.2) is 9.97 Å². The summed E-state index contributed by atoms with van der Waals surface area (Å²) >= 11 is 5.98. The number of rotatable bonds is 2. The third-order valence-corrected chi connectivity index (χ3v) is 3.17. The van der Waals surface area contributed by atoms with Crippen LogP contribution in [-0.2, 0) is 6.42 Å². The largest absolute Gasteiger partial charge is 0.383 e. The molecule has 3 rings (SSSR count). The number of hydrogen-bond donors (Lipinski definition) is 1. The van der Waals surface area contributed by atoms with Crippen molar-refractivity contribution in [2.45, 2.75) is 6.42 Å². The summed E-state index contributed by atoms with van der Waals surface area (Å²) in [5.41, 5.74) is 7.91. The minimum absolute atomic E-state index is 0.493. The molecule has 0 radical (unpaired) electrons. The summed E-state index contributed by atoms with van der Waals surface area (Å²) in [6, 6.07) is 15.5. The molecule has 0 saturated carbocycles. The normalized spacial score (nSPS) is 10.8. The fraction of sp³-hybridized carbons (Fsp3) is 0.0667. The highest BCUT2D eigenvalue weighted by Gasteiger charge is 2.06. The van der Waals surface area contributed by atoms with Crippen LogP contribution in [0.4, 0.5) is 5.82 Å². The molecule has 3 nitrogen and oxygen atoms in total. The minimum atomic E-state index is 0.493. The quantitative estimate of drug-likeness (QED) is 0.775. The third kappa shape index (κ3) is 2.51. The van der Waals surface area contributed by atoms with E-state index in [2.05, 4.69) is 9.97 Å². The smallest absolute Gasteiger partial charge is 0.135 e. The van der Waals surface area contributed by atoms with Crippen LogP contribution in [0.1, 0.15) is 11.4 Å². The maximum Gasteiger partial charge on any atom is 0.135 e. The van der Waals surface area contributed by atoms with Crippen LogP contribution in [0, 0.1) is 0 Å². The fourth-order valence-corrected chi connectivity index (χ4v) is 2.20. The number of nitrogens with zero attached hydrogens (tertiary/aromatic N) is 2. The van der Waals surface area contributed by atoms with Gasteiger partial charge in [0.25, 0.3) is 0 Å². The number of benzene rings is 2. The molecule has 1 aromatic heterocycles. The lowest BCUT2D eigenvalue weighted by Gasteiger charge is -2.06. The zero-order valence-electron chi connectivity index (χ0n) is 10.2. The number of anilines is 1. The number of halogens is 1. The highest BCUT2D eigenvalue weighted by Crippen LogP contribution is 2.22. The summed E-state index contributed by atoms with van der Waals surface area (Å²) in [5.74, 6) is 1.20. The lowest BCUT2D eigenvalue weighted by molar-refractivity contribution is 0.998. The maximum absolute atomic E-state index is 5.98. The average Bonchev–Trinajstić information content (AvgIpc) is 2.39. The Morgan fingerprint density at radius 2 is 1.79 bits per heavy atom. The van der Waals surface area contributed by atoms with Gasteiger partial charge in [-0.2, -0.15) is 0 Å². The van der Waals surface area contributed by atoms with E-state index in [1.165, 1.54) is 0 Å². The van der Waals surface area contributed by atoms with E-state index in [1.807, 2.05) is 42.5 Å². The molecule has 0 atom stereocenters. The Morgan fingerprint density at radius 1 is 1.00 bits per heavy atom. The van der Waals surface area contributed by atoms with Crippen molar-refractivity contribution in [1.82, 2.24) is 9.97 Å². The molecule has 1 heterocycles. The molecule has 0 aliphatic heterocycles. The monoisotopic (exact) mass is 269 g/mol. The Balaban J connectivity index is 2.05. The Hall–Kier alpha value is -2.13. The predicted octanol–water partition coefficient (Wildman–Crippen LogP) is 3.46. The Bertz CT molecular complexity index is 726. The molecular weight excluding hydrogens is 258 g/mol. The van der Waals surface area contributed by atoms with Gasteiger partial charge >= 0.3 is 0 Å². The summed E-state index contributed by atoms with van der Waals surface area (Å²) in [5, 5.41) is 1.48. The van der Waals surface area contributed by atoms with Crippen molar-refractivity contribution in [3.8, 4) is 0 Å². The van der Waals surface area contributed by atoms with E-state index in [4.69, 9.17) is 17.3 Å². The van der Waals surface area contributed by atoms with Gasteiger partial charge in [0.1, 0.15) is 11.6 Å². The molecule has 0 saturated heterocycles. The second kappa shape index (κ2) is 4.86. The summed E-state index contributed by atoms with van der Waals surface area (Å²) < 4.78 is 0. The molecule has 2 aromatic carbocycles. The molecule has 0 aliphatic carbocycles. The Labute approximate surface area is 116 Å². The van der Waals surface area contributed by atoms with Crippen molar-refractivity contribution in [3.63, 3.8) is 0 Å². The van der Waals surface area contributed by atoms with Crippen molar-refractivity contribution < 1.29 is 0 Å². The van der Waals surface area contributed by atoms with E-state index in [9.17, 15) is 0 Å². The van der Waals surface area contributed by atoms with Crippen LogP contribution in [0.2, 0.25) is 5.02 Å². The van der Waals surface area contributed by atoms with Gasteiger partial charge in [-0.25, -0.2) is 9.97 Å². The molecule has 94 valence electrons. The van der Waals surface area contributed by atoms with Gasteiger partial charge in [0.2, 0.25) is 0 Å². The first kappa shape index (κ1) is 11.9. The zero-order chi connectivity index (χ0) is 13.2. The molecule has 4 heteroatoms. The van der Waals surface area contributed by atoms with Gasteiger partial charge in [0.05, 0.1) is 5.52 Å². The van der Waals surface area contributed by atoms with Gasteiger partial charge in [-0.3, -0.25) is 0 Å². The van der Waals surface area contributed by atoms with E-state index < -0.39 is 0 Å². The molecular formula is C15H12ClN3. The van der Waals surface area contributed by atoms with E-state index in [0.29, 0.717) is 23.1 Å². The van der Waals surface area contributed by atoms with E-state index in [0.717, 1.165) is 16.5 Å². The molecule has 0 unspecified atom stereocenters. The van der Waals surface area contributed by atoms with Crippen molar-refractivity contribution in [2.24, 2.45) is 0 Å². The highest BCUT2D eigenvalue weighted by molar-refractivity contribution is 6.31. The van der Waals surface area contributed by atoms with Crippen molar-refractivity contribution in [3.05, 3.63) is 64.9 Å². The fourth-order valence-electron chi connectivity index (χ4n) is 2.03. The average molecular weight is 270 g/mol. The SMILES string of the molecule is Nc1nc(Cc2ccccc2)nc2cc(Cl)ccc12. The minimum Gasteiger partial charge on any atom is -0.383 e.